The second-order valence-electron chi connectivity index (χ2n) is 4.22. The summed E-state index contributed by atoms with van der Waals surface area (Å²) in [7, 11) is 0. The molecule has 0 bridgehead atoms. The minimum absolute atomic E-state index is 0.463. The topological polar surface area (TPSA) is 84.0 Å². The molecule has 2 rings (SSSR count). The number of hydrogen-bond acceptors (Lipinski definition) is 4. The van der Waals surface area contributed by atoms with Crippen molar-refractivity contribution in [1.29, 1.82) is 0 Å². The average molecular weight is 221 g/mol. The van der Waals surface area contributed by atoms with Crippen LogP contribution in [0.25, 0.3) is 11.1 Å². The first kappa shape index (κ1) is 10.6. The first-order valence-electron chi connectivity index (χ1n) is 5.22. The van der Waals surface area contributed by atoms with Gasteiger partial charge in [0.1, 0.15) is 0 Å². The third-order valence-corrected chi connectivity index (χ3v) is 2.29. The molecule has 0 saturated carbocycles. The molecular weight excluding hydrogens is 206 g/mol. The Morgan fingerprint density at radius 1 is 1.50 bits per heavy atom. The number of hydrogen-bond donors (Lipinski definition) is 3. The molecule has 0 unspecified atom stereocenters. The highest BCUT2D eigenvalue weighted by molar-refractivity contribution is 5.85. The minimum atomic E-state index is -0.463. The van der Waals surface area contributed by atoms with Crippen molar-refractivity contribution in [3.8, 4) is 0 Å². The Kier molecular flexibility index (Phi) is 2.60. The quantitative estimate of drug-likeness (QED) is 0.690. The molecule has 0 aliphatic carbocycles. The maximum absolute atomic E-state index is 11.0. The smallest absolute Gasteiger partial charge is 0.408 e. The monoisotopic (exact) mass is 221 g/mol. The lowest BCUT2D eigenvalue weighted by Gasteiger charge is -2.10. The molecule has 4 N–H and O–H groups in total. The van der Waals surface area contributed by atoms with Gasteiger partial charge in [0.05, 0.1) is 16.9 Å². The highest BCUT2D eigenvalue weighted by Gasteiger charge is 2.06. The van der Waals surface area contributed by atoms with Crippen molar-refractivity contribution < 1.29 is 4.42 Å². The third kappa shape index (κ3) is 2.03. The van der Waals surface area contributed by atoms with E-state index in [1.165, 1.54) is 0 Å². The number of aromatic amines is 1. The number of nitrogen functional groups attached to an aromatic ring is 1. The van der Waals surface area contributed by atoms with Crippen molar-refractivity contribution in [1.82, 2.24) is 4.98 Å². The first-order chi connectivity index (χ1) is 7.56. The lowest BCUT2D eigenvalue weighted by atomic mass is 10.2. The highest BCUT2D eigenvalue weighted by Crippen LogP contribution is 2.24. The second-order valence-corrected chi connectivity index (χ2v) is 4.22. The van der Waals surface area contributed by atoms with Gasteiger partial charge in [0.2, 0.25) is 0 Å². The van der Waals surface area contributed by atoms with Crippen molar-refractivity contribution in [3.05, 3.63) is 22.7 Å². The van der Waals surface area contributed by atoms with Crippen LogP contribution in [-0.2, 0) is 0 Å². The van der Waals surface area contributed by atoms with E-state index in [1.807, 2.05) is 0 Å². The van der Waals surface area contributed by atoms with E-state index >= 15 is 0 Å². The van der Waals surface area contributed by atoms with Crippen LogP contribution in [0.1, 0.15) is 13.8 Å². The summed E-state index contributed by atoms with van der Waals surface area (Å²) < 4.78 is 4.91. The zero-order valence-electron chi connectivity index (χ0n) is 9.33. The molecule has 5 nitrogen and oxygen atoms in total. The van der Waals surface area contributed by atoms with Crippen LogP contribution in [0.2, 0.25) is 0 Å². The van der Waals surface area contributed by atoms with Crippen LogP contribution in [0.4, 0.5) is 11.4 Å². The standard InChI is InChI=1S/C11H15N3O2/c1-6(2)5-13-8-4-9-10(3-7(8)12)16-11(15)14-9/h3-4,6,13H,5,12H2,1-2H3,(H,14,15). The Labute approximate surface area is 92.6 Å². The molecule has 2 aromatic rings. The summed E-state index contributed by atoms with van der Waals surface area (Å²) in [6, 6.07) is 3.44. The number of H-pyrrole nitrogens is 1. The second kappa shape index (κ2) is 3.92. The summed E-state index contributed by atoms with van der Waals surface area (Å²) in [6.07, 6.45) is 0. The molecular formula is C11H15N3O2. The Hall–Kier alpha value is -1.91. The predicted octanol–water partition coefficient (Wildman–Crippen LogP) is 1.77. The van der Waals surface area contributed by atoms with E-state index in [-0.39, 0.29) is 0 Å². The number of rotatable bonds is 3. The predicted molar refractivity (Wildman–Crippen MR) is 64.6 cm³/mol. The fourth-order valence-corrected chi connectivity index (χ4v) is 1.48. The highest BCUT2D eigenvalue weighted by atomic mass is 16.4. The number of benzene rings is 1. The number of nitrogens with two attached hydrogens (primary N) is 1. The Morgan fingerprint density at radius 2 is 2.25 bits per heavy atom. The zero-order chi connectivity index (χ0) is 11.7. The summed E-state index contributed by atoms with van der Waals surface area (Å²) in [6.45, 7) is 5.06. The maximum atomic E-state index is 11.0. The van der Waals surface area contributed by atoms with Gasteiger partial charge in [-0.15, -0.1) is 0 Å². The molecule has 5 heteroatoms. The van der Waals surface area contributed by atoms with Crippen LogP contribution in [0.5, 0.6) is 0 Å². The molecule has 1 aromatic heterocycles. The van der Waals surface area contributed by atoms with Gasteiger partial charge in [-0.2, -0.15) is 0 Å². The molecule has 1 heterocycles. The van der Waals surface area contributed by atoms with Crippen molar-refractivity contribution in [2.75, 3.05) is 17.6 Å². The molecule has 0 amide bonds. The summed E-state index contributed by atoms with van der Waals surface area (Å²) in [5.41, 5.74) is 8.38. The van der Waals surface area contributed by atoms with E-state index in [0.717, 1.165) is 12.2 Å². The van der Waals surface area contributed by atoms with Crippen molar-refractivity contribution in [2.45, 2.75) is 13.8 Å². The summed E-state index contributed by atoms with van der Waals surface area (Å²) in [5, 5.41) is 3.23. The van der Waals surface area contributed by atoms with E-state index in [0.29, 0.717) is 22.7 Å². The number of anilines is 2. The zero-order valence-corrected chi connectivity index (χ0v) is 9.33. The van der Waals surface area contributed by atoms with Crippen molar-refractivity contribution >= 4 is 22.5 Å². The van der Waals surface area contributed by atoms with Crippen molar-refractivity contribution in [3.63, 3.8) is 0 Å². The van der Waals surface area contributed by atoms with Gasteiger partial charge in [0, 0.05) is 12.6 Å². The van der Waals surface area contributed by atoms with Gasteiger partial charge in [-0.3, -0.25) is 4.98 Å². The maximum Gasteiger partial charge on any atom is 0.417 e. The Morgan fingerprint density at radius 3 is 2.94 bits per heavy atom. The molecule has 0 aliphatic heterocycles. The van der Waals surface area contributed by atoms with Crippen LogP contribution in [0, 0.1) is 5.92 Å². The molecule has 86 valence electrons. The molecule has 0 spiro atoms. The van der Waals surface area contributed by atoms with E-state index < -0.39 is 5.76 Å². The molecule has 0 radical (unpaired) electrons. The summed E-state index contributed by atoms with van der Waals surface area (Å²) in [5.74, 6) is 0.0638. The lowest BCUT2D eigenvalue weighted by molar-refractivity contribution is 0.555. The number of nitrogens with one attached hydrogen (secondary N) is 2. The van der Waals surface area contributed by atoms with Crippen LogP contribution in [-0.4, -0.2) is 11.5 Å². The van der Waals surface area contributed by atoms with E-state index in [4.69, 9.17) is 10.2 Å². The Balaban J connectivity index is 2.37. The number of aromatic nitrogens is 1. The molecule has 0 atom stereocenters. The molecule has 0 fully saturated rings. The number of fused-ring (bicyclic) bond motifs is 1. The minimum Gasteiger partial charge on any atom is -0.408 e. The van der Waals surface area contributed by atoms with Crippen LogP contribution < -0.4 is 16.8 Å². The van der Waals surface area contributed by atoms with Gasteiger partial charge in [-0.05, 0) is 12.0 Å². The molecule has 0 aliphatic rings. The molecule has 16 heavy (non-hydrogen) atoms. The van der Waals surface area contributed by atoms with E-state index in [2.05, 4.69) is 24.1 Å². The third-order valence-electron chi connectivity index (χ3n) is 2.29. The van der Waals surface area contributed by atoms with E-state index in [9.17, 15) is 4.79 Å². The summed E-state index contributed by atoms with van der Waals surface area (Å²) >= 11 is 0. The van der Waals surface area contributed by atoms with Gasteiger partial charge in [-0.25, -0.2) is 4.79 Å². The number of oxazole rings is 1. The fourth-order valence-electron chi connectivity index (χ4n) is 1.48. The van der Waals surface area contributed by atoms with Gasteiger partial charge in [-0.1, -0.05) is 13.8 Å². The SMILES string of the molecule is CC(C)CNc1cc2[nH]c(=O)oc2cc1N. The summed E-state index contributed by atoms with van der Waals surface area (Å²) in [4.78, 5) is 13.6. The van der Waals surface area contributed by atoms with Crippen molar-refractivity contribution in [2.24, 2.45) is 5.92 Å². The normalized spacial score (nSPS) is 11.2. The first-order valence-corrected chi connectivity index (χ1v) is 5.22. The molecule has 1 aromatic carbocycles. The van der Waals surface area contributed by atoms with Crippen LogP contribution in [0.15, 0.2) is 21.3 Å². The van der Waals surface area contributed by atoms with Gasteiger partial charge in [0.15, 0.2) is 5.58 Å². The Bertz CT molecular complexity index is 554. The van der Waals surface area contributed by atoms with Crippen LogP contribution >= 0.6 is 0 Å². The largest absolute Gasteiger partial charge is 0.417 e. The van der Waals surface area contributed by atoms with Gasteiger partial charge in [0.25, 0.3) is 0 Å². The van der Waals surface area contributed by atoms with E-state index in [1.54, 1.807) is 12.1 Å². The average Bonchev–Trinajstić information content (AvgIpc) is 2.53. The van der Waals surface area contributed by atoms with Crippen LogP contribution in [0.3, 0.4) is 0 Å². The van der Waals surface area contributed by atoms with Gasteiger partial charge < -0.3 is 15.5 Å². The lowest BCUT2D eigenvalue weighted by Crippen LogP contribution is -2.09. The molecule has 0 saturated heterocycles. The van der Waals surface area contributed by atoms with Gasteiger partial charge >= 0.3 is 5.76 Å². The fraction of sp³-hybridized carbons (Fsp3) is 0.364.